The van der Waals surface area contributed by atoms with Crippen LogP contribution in [0, 0.1) is 0 Å². The zero-order valence-electron chi connectivity index (χ0n) is 13.1. The van der Waals surface area contributed by atoms with Gasteiger partial charge in [0.2, 0.25) is 5.91 Å². The molecule has 1 aromatic rings. The number of amides is 2. The van der Waals surface area contributed by atoms with Crippen LogP contribution in [-0.4, -0.2) is 73.3 Å². The molecule has 0 bridgehead atoms. The second-order valence-corrected chi connectivity index (χ2v) is 6.17. The van der Waals surface area contributed by atoms with Gasteiger partial charge in [0.05, 0.1) is 0 Å². The van der Waals surface area contributed by atoms with Gasteiger partial charge in [-0.3, -0.25) is 9.59 Å². The molecule has 1 aliphatic heterocycles. The summed E-state index contributed by atoms with van der Waals surface area (Å²) in [5.74, 6) is 0.157. The predicted octanol–water partition coefficient (Wildman–Crippen LogP) is 1.58. The number of rotatable bonds is 4. The van der Waals surface area contributed by atoms with Gasteiger partial charge in [-0.15, -0.1) is 0 Å². The number of carbonyl (C=O) groups is 2. The quantitative estimate of drug-likeness (QED) is 0.845. The molecule has 22 heavy (non-hydrogen) atoms. The molecule has 2 amide bonds. The van der Waals surface area contributed by atoms with Crippen molar-refractivity contribution in [3.05, 3.63) is 34.9 Å². The van der Waals surface area contributed by atoms with Crippen LogP contribution in [0.25, 0.3) is 0 Å². The van der Waals surface area contributed by atoms with Crippen molar-refractivity contribution >= 4 is 23.4 Å². The number of piperazine rings is 1. The SMILES string of the molecule is CN(C)CCC(=O)N1CCN(C(=O)c2ccc(Cl)cc2)CC1. The lowest BCUT2D eigenvalue weighted by atomic mass is 10.2. The highest BCUT2D eigenvalue weighted by Crippen LogP contribution is 2.13. The van der Waals surface area contributed by atoms with Crippen LogP contribution >= 0.6 is 11.6 Å². The summed E-state index contributed by atoms with van der Waals surface area (Å²) in [5.41, 5.74) is 0.636. The third kappa shape index (κ3) is 4.45. The minimum atomic E-state index is -0.00272. The third-order valence-corrected chi connectivity index (χ3v) is 4.04. The molecule has 1 aliphatic rings. The summed E-state index contributed by atoms with van der Waals surface area (Å²) >= 11 is 5.84. The molecule has 0 radical (unpaired) electrons. The van der Waals surface area contributed by atoms with Gasteiger partial charge in [0.25, 0.3) is 5.91 Å². The fourth-order valence-electron chi connectivity index (χ4n) is 2.41. The lowest BCUT2D eigenvalue weighted by molar-refractivity contribution is -0.132. The Kier molecular flexibility index (Phi) is 5.80. The minimum absolute atomic E-state index is 0.00272. The fraction of sp³-hybridized carbons (Fsp3) is 0.500. The first-order valence-corrected chi connectivity index (χ1v) is 7.82. The average molecular weight is 324 g/mol. The van der Waals surface area contributed by atoms with Crippen molar-refractivity contribution in [3.8, 4) is 0 Å². The van der Waals surface area contributed by atoms with E-state index >= 15 is 0 Å². The molecule has 0 unspecified atom stereocenters. The van der Waals surface area contributed by atoms with E-state index in [2.05, 4.69) is 0 Å². The number of benzene rings is 1. The van der Waals surface area contributed by atoms with Gasteiger partial charge in [0.15, 0.2) is 0 Å². The van der Waals surface area contributed by atoms with E-state index in [1.165, 1.54) is 0 Å². The highest BCUT2D eigenvalue weighted by Gasteiger charge is 2.24. The zero-order valence-corrected chi connectivity index (χ0v) is 13.8. The number of nitrogens with zero attached hydrogens (tertiary/aromatic N) is 3. The predicted molar refractivity (Wildman–Crippen MR) is 87.1 cm³/mol. The van der Waals surface area contributed by atoms with Crippen molar-refractivity contribution in [1.29, 1.82) is 0 Å². The first kappa shape index (κ1) is 16.8. The standard InChI is InChI=1S/C16H22ClN3O2/c1-18(2)8-7-15(21)19-9-11-20(12-10-19)16(22)13-3-5-14(17)6-4-13/h3-6H,7-12H2,1-2H3. The van der Waals surface area contributed by atoms with Gasteiger partial charge in [-0.05, 0) is 38.4 Å². The summed E-state index contributed by atoms with van der Waals surface area (Å²) in [4.78, 5) is 30.1. The van der Waals surface area contributed by atoms with Crippen LogP contribution < -0.4 is 0 Å². The Labute approximate surface area is 136 Å². The molecule has 120 valence electrons. The van der Waals surface area contributed by atoms with Gasteiger partial charge in [0.1, 0.15) is 0 Å². The van der Waals surface area contributed by atoms with Crippen LogP contribution in [0.1, 0.15) is 16.8 Å². The highest BCUT2D eigenvalue weighted by molar-refractivity contribution is 6.30. The molecule has 0 atom stereocenters. The van der Waals surface area contributed by atoms with E-state index in [4.69, 9.17) is 11.6 Å². The summed E-state index contributed by atoms with van der Waals surface area (Å²) in [7, 11) is 3.91. The van der Waals surface area contributed by atoms with Gasteiger partial charge >= 0.3 is 0 Å². The van der Waals surface area contributed by atoms with E-state index in [1.54, 1.807) is 29.2 Å². The molecule has 0 saturated carbocycles. The summed E-state index contributed by atoms with van der Waals surface area (Å²) in [5, 5.41) is 0.618. The molecule has 0 aromatic heterocycles. The Balaban J connectivity index is 1.85. The summed E-state index contributed by atoms with van der Waals surface area (Å²) in [6, 6.07) is 6.91. The van der Waals surface area contributed by atoms with Gasteiger partial charge in [-0.2, -0.15) is 0 Å². The van der Waals surface area contributed by atoms with E-state index in [0.717, 1.165) is 6.54 Å². The fourth-order valence-corrected chi connectivity index (χ4v) is 2.54. The number of hydrogen-bond donors (Lipinski definition) is 0. The Morgan fingerprint density at radius 3 is 2.14 bits per heavy atom. The molecular formula is C16H22ClN3O2. The number of carbonyl (C=O) groups excluding carboxylic acids is 2. The van der Waals surface area contributed by atoms with Crippen molar-refractivity contribution in [3.63, 3.8) is 0 Å². The topological polar surface area (TPSA) is 43.9 Å². The monoisotopic (exact) mass is 323 g/mol. The van der Waals surface area contributed by atoms with Gasteiger partial charge in [-0.25, -0.2) is 0 Å². The zero-order chi connectivity index (χ0) is 16.1. The highest BCUT2D eigenvalue weighted by atomic mass is 35.5. The normalized spacial score (nSPS) is 15.3. The first-order chi connectivity index (χ1) is 10.5. The van der Waals surface area contributed by atoms with Crippen LogP contribution in [-0.2, 0) is 4.79 Å². The van der Waals surface area contributed by atoms with Crippen molar-refractivity contribution < 1.29 is 9.59 Å². The number of halogens is 1. The summed E-state index contributed by atoms with van der Waals surface area (Å²) in [6.45, 7) is 3.12. The second-order valence-electron chi connectivity index (χ2n) is 5.73. The largest absolute Gasteiger partial charge is 0.339 e. The van der Waals surface area contributed by atoms with Gasteiger partial charge < -0.3 is 14.7 Å². The maximum absolute atomic E-state index is 12.4. The molecule has 2 rings (SSSR count). The summed E-state index contributed by atoms with van der Waals surface area (Å²) in [6.07, 6.45) is 0.526. The lowest BCUT2D eigenvalue weighted by Crippen LogP contribution is -2.50. The molecule has 0 spiro atoms. The maximum Gasteiger partial charge on any atom is 0.253 e. The smallest absolute Gasteiger partial charge is 0.253 e. The molecule has 6 heteroatoms. The van der Waals surface area contributed by atoms with Crippen molar-refractivity contribution in [1.82, 2.24) is 14.7 Å². The van der Waals surface area contributed by atoms with Crippen molar-refractivity contribution in [2.24, 2.45) is 0 Å². The van der Waals surface area contributed by atoms with E-state index in [0.29, 0.717) is 43.2 Å². The van der Waals surface area contributed by atoms with Gasteiger partial charge in [0, 0.05) is 49.7 Å². The molecule has 1 saturated heterocycles. The van der Waals surface area contributed by atoms with Gasteiger partial charge in [-0.1, -0.05) is 11.6 Å². The van der Waals surface area contributed by atoms with E-state index in [-0.39, 0.29) is 11.8 Å². The molecule has 5 nitrogen and oxygen atoms in total. The Hall–Kier alpha value is -1.59. The molecule has 0 N–H and O–H groups in total. The molecule has 1 fully saturated rings. The van der Waals surface area contributed by atoms with Crippen LogP contribution in [0.3, 0.4) is 0 Å². The third-order valence-electron chi connectivity index (χ3n) is 3.78. The maximum atomic E-state index is 12.4. The Morgan fingerprint density at radius 2 is 1.59 bits per heavy atom. The lowest BCUT2D eigenvalue weighted by Gasteiger charge is -2.35. The van der Waals surface area contributed by atoms with E-state index in [9.17, 15) is 9.59 Å². The van der Waals surface area contributed by atoms with Crippen LogP contribution in [0.15, 0.2) is 24.3 Å². The average Bonchev–Trinajstić information content (AvgIpc) is 2.53. The second kappa shape index (κ2) is 7.61. The van der Waals surface area contributed by atoms with E-state index in [1.807, 2.05) is 23.9 Å². The van der Waals surface area contributed by atoms with Crippen molar-refractivity contribution in [2.45, 2.75) is 6.42 Å². The summed E-state index contributed by atoms with van der Waals surface area (Å²) < 4.78 is 0. The van der Waals surface area contributed by atoms with Crippen LogP contribution in [0.5, 0.6) is 0 Å². The Bertz CT molecular complexity index is 523. The Morgan fingerprint density at radius 1 is 1.05 bits per heavy atom. The van der Waals surface area contributed by atoms with Crippen LogP contribution in [0.2, 0.25) is 5.02 Å². The van der Waals surface area contributed by atoms with E-state index < -0.39 is 0 Å². The molecule has 1 aromatic carbocycles. The first-order valence-electron chi connectivity index (χ1n) is 7.44. The molecule has 1 heterocycles. The molecule has 0 aliphatic carbocycles. The van der Waals surface area contributed by atoms with Crippen LogP contribution in [0.4, 0.5) is 0 Å². The van der Waals surface area contributed by atoms with Crippen molar-refractivity contribution in [2.75, 3.05) is 46.8 Å². The number of hydrogen-bond acceptors (Lipinski definition) is 3. The minimum Gasteiger partial charge on any atom is -0.339 e. The molecular weight excluding hydrogens is 302 g/mol.